The van der Waals surface area contributed by atoms with E-state index < -0.39 is 17.9 Å². The zero-order valence-corrected chi connectivity index (χ0v) is 12.2. The molecule has 2 amide bonds. The summed E-state index contributed by atoms with van der Waals surface area (Å²) in [7, 11) is 0. The molecule has 0 aromatic carbocycles. The first-order valence-corrected chi connectivity index (χ1v) is 7.18. The lowest BCUT2D eigenvalue weighted by Crippen LogP contribution is -2.41. The maximum Gasteiger partial charge on any atom is 0.308 e. The number of aliphatic carboxylic acids is 1. The van der Waals surface area contributed by atoms with Gasteiger partial charge in [-0.3, -0.25) is 14.4 Å². The molecule has 0 aliphatic carbocycles. The minimum Gasteiger partial charge on any atom is -0.481 e. The highest BCUT2D eigenvalue weighted by atomic mass is 32.1. The van der Waals surface area contributed by atoms with Crippen molar-refractivity contribution in [1.82, 2.24) is 10.6 Å². The SMILES string of the molecule is CC(NC(=O)CCNC(=O)c1ccsc1)C(C)C(=O)O. The lowest BCUT2D eigenvalue weighted by molar-refractivity contribution is -0.142. The van der Waals surface area contributed by atoms with Crippen LogP contribution in [0.2, 0.25) is 0 Å². The second-order valence-electron chi connectivity index (χ2n) is 4.50. The summed E-state index contributed by atoms with van der Waals surface area (Å²) < 4.78 is 0. The Bertz CT molecular complexity index is 473. The van der Waals surface area contributed by atoms with Crippen LogP contribution in [0.1, 0.15) is 30.6 Å². The van der Waals surface area contributed by atoms with E-state index in [-0.39, 0.29) is 24.8 Å². The van der Waals surface area contributed by atoms with Crippen molar-refractivity contribution in [2.45, 2.75) is 26.3 Å². The zero-order chi connectivity index (χ0) is 15.1. The van der Waals surface area contributed by atoms with Crippen LogP contribution < -0.4 is 10.6 Å². The van der Waals surface area contributed by atoms with Crippen LogP contribution >= 0.6 is 11.3 Å². The molecule has 0 aliphatic rings. The molecule has 2 unspecified atom stereocenters. The first kappa shape index (κ1) is 16.2. The molecule has 7 heteroatoms. The quantitative estimate of drug-likeness (QED) is 0.702. The van der Waals surface area contributed by atoms with Crippen LogP contribution in [0, 0.1) is 5.92 Å². The highest BCUT2D eigenvalue weighted by Gasteiger charge is 2.20. The number of nitrogens with one attached hydrogen (secondary N) is 2. The molecule has 1 aromatic rings. The van der Waals surface area contributed by atoms with E-state index in [2.05, 4.69) is 10.6 Å². The predicted octanol–water partition coefficient (Wildman–Crippen LogP) is 1.09. The number of carbonyl (C=O) groups is 3. The van der Waals surface area contributed by atoms with Gasteiger partial charge in [-0.15, -0.1) is 0 Å². The minimum atomic E-state index is -0.955. The monoisotopic (exact) mass is 298 g/mol. The average molecular weight is 298 g/mol. The Kier molecular flexibility index (Phi) is 6.17. The van der Waals surface area contributed by atoms with Crippen LogP contribution in [0.25, 0.3) is 0 Å². The van der Waals surface area contributed by atoms with Gasteiger partial charge >= 0.3 is 5.97 Å². The van der Waals surface area contributed by atoms with E-state index in [9.17, 15) is 14.4 Å². The number of carbonyl (C=O) groups excluding carboxylic acids is 2. The molecule has 0 radical (unpaired) electrons. The summed E-state index contributed by atoms with van der Waals surface area (Å²) in [5, 5.41) is 17.6. The van der Waals surface area contributed by atoms with Gasteiger partial charge in [-0.2, -0.15) is 11.3 Å². The Morgan fingerprint density at radius 2 is 2.05 bits per heavy atom. The summed E-state index contributed by atoms with van der Waals surface area (Å²) in [5.41, 5.74) is 0.572. The number of amides is 2. The summed E-state index contributed by atoms with van der Waals surface area (Å²) in [4.78, 5) is 33.9. The Labute approximate surface area is 121 Å². The van der Waals surface area contributed by atoms with Gasteiger partial charge in [0.2, 0.25) is 5.91 Å². The van der Waals surface area contributed by atoms with Crippen LogP contribution in [0.4, 0.5) is 0 Å². The molecule has 110 valence electrons. The number of hydrogen-bond acceptors (Lipinski definition) is 4. The van der Waals surface area contributed by atoms with Gasteiger partial charge in [-0.05, 0) is 25.3 Å². The van der Waals surface area contributed by atoms with Crippen molar-refractivity contribution in [1.29, 1.82) is 0 Å². The maximum atomic E-state index is 11.6. The van der Waals surface area contributed by atoms with Crippen molar-refractivity contribution in [3.05, 3.63) is 22.4 Å². The highest BCUT2D eigenvalue weighted by molar-refractivity contribution is 7.08. The van der Waals surface area contributed by atoms with Gasteiger partial charge in [-0.25, -0.2) is 0 Å². The van der Waals surface area contributed by atoms with E-state index in [1.54, 1.807) is 23.8 Å². The summed E-state index contributed by atoms with van der Waals surface area (Å²) in [6.45, 7) is 3.39. The third kappa shape index (κ3) is 5.00. The van der Waals surface area contributed by atoms with Crippen LogP contribution in [-0.4, -0.2) is 35.5 Å². The molecular weight excluding hydrogens is 280 g/mol. The molecule has 1 aromatic heterocycles. The molecule has 3 N–H and O–H groups in total. The Balaban J connectivity index is 2.27. The summed E-state index contributed by atoms with van der Waals surface area (Å²) in [5.74, 6) is -2.11. The van der Waals surface area contributed by atoms with Crippen molar-refractivity contribution in [3.63, 3.8) is 0 Å². The normalized spacial score (nSPS) is 13.3. The molecule has 1 rings (SSSR count). The van der Waals surface area contributed by atoms with E-state index in [4.69, 9.17) is 5.11 Å². The second kappa shape index (κ2) is 7.64. The van der Waals surface area contributed by atoms with Crippen LogP contribution in [0.5, 0.6) is 0 Å². The van der Waals surface area contributed by atoms with Crippen molar-refractivity contribution in [2.75, 3.05) is 6.54 Å². The van der Waals surface area contributed by atoms with E-state index >= 15 is 0 Å². The van der Waals surface area contributed by atoms with Gasteiger partial charge in [0.25, 0.3) is 5.91 Å². The van der Waals surface area contributed by atoms with Gasteiger partial charge in [0, 0.05) is 30.0 Å². The Morgan fingerprint density at radius 3 is 2.60 bits per heavy atom. The first-order chi connectivity index (χ1) is 9.41. The molecule has 0 bridgehead atoms. The minimum absolute atomic E-state index is 0.118. The molecule has 6 nitrogen and oxygen atoms in total. The molecule has 20 heavy (non-hydrogen) atoms. The summed E-state index contributed by atoms with van der Waals surface area (Å²) in [6.07, 6.45) is 0.118. The molecule has 0 fully saturated rings. The highest BCUT2D eigenvalue weighted by Crippen LogP contribution is 2.05. The molecule has 2 atom stereocenters. The van der Waals surface area contributed by atoms with Crippen molar-refractivity contribution < 1.29 is 19.5 Å². The van der Waals surface area contributed by atoms with Gasteiger partial charge in [0.05, 0.1) is 5.92 Å². The van der Waals surface area contributed by atoms with Crippen LogP contribution in [0.3, 0.4) is 0 Å². The Morgan fingerprint density at radius 1 is 1.35 bits per heavy atom. The van der Waals surface area contributed by atoms with E-state index in [1.807, 2.05) is 0 Å². The third-order valence-electron chi connectivity index (χ3n) is 2.95. The lowest BCUT2D eigenvalue weighted by Gasteiger charge is -2.17. The lowest BCUT2D eigenvalue weighted by atomic mass is 10.0. The topological polar surface area (TPSA) is 95.5 Å². The van der Waals surface area contributed by atoms with Crippen LogP contribution in [-0.2, 0) is 9.59 Å². The van der Waals surface area contributed by atoms with E-state index in [0.717, 1.165) is 0 Å². The number of carboxylic acid groups (broad SMARTS) is 1. The molecule has 1 heterocycles. The first-order valence-electron chi connectivity index (χ1n) is 6.24. The molecule has 0 saturated carbocycles. The van der Waals surface area contributed by atoms with E-state index in [1.165, 1.54) is 18.3 Å². The number of rotatable bonds is 7. The predicted molar refractivity (Wildman–Crippen MR) is 75.7 cm³/mol. The zero-order valence-electron chi connectivity index (χ0n) is 11.4. The van der Waals surface area contributed by atoms with Crippen molar-refractivity contribution >= 4 is 29.1 Å². The summed E-state index contributed by atoms with van der Waals surface area (Å²) >= 11 is 1.43. The standard InChI is InChI=1S/C13H18N2O4S/c1-8(13(18)19)9(2)15-11(16)3-5-14-12(17)10-4-6-20-7-10/h4,6-9H,3,5H2,1-2H3,(H,14,17)(H,15,16)(H,18,19). The van der Waals surface area contributed by atoms with Gasteiger partial charge < -0.3 is 15.7 Å². The average Bonchev–Trinajstić information content (AvgIpc) is 2.91. The van der Waals surface area contributed by atoms with Gasteiger partial charge in [0.15, 0.2) is 0 Å². The third-order valence-corrected chi connectivity index (χ3v) is 3.63. The fraction of sp³-hybridized carbons (Fsp3) is 0.462. The molecular formula is C13H18N2O4S. The maximum absolute atomic E-state index is 11.6. The van der Waals surface area contributed by atoms with Gasteiger partial charge in [-0.1, -0.05) is 0 Å². The smallest absolute Gasteiger partial charge is 0.308 e. The fourth-order valence-electron chi connectivity index (χ4n) is 1.45. The molecule has 0 aliphatic heterocycles. The Hall–Kier alpha value is -1.89. The number of carboxylic acids is 1. The summed E-state index contributed by atoms with van der Waals surface area (Å²) in [6, 6.07) is 1.25. The number of hydrogen-bond donors (Lipinski definition) is 3. The fourth-order valence-corrected chi connectivity index (χ4v) is 2.09. The number of thiophene rings is 1. The van der Waals surface area contributed by atoms with Crippen molar-refractivity contribution in [2.24, 2.45) is 5.92 Å². The molecule has 0 spiro atoms. The molecule has 0 saturated heterocycles. The largest absolute Gasteiger partial charge is 0.481 e. The van der Waals surface area contributed by atoms with Crippen molar-refractivity contribution in [3.8, 4) is 0 Å². The van der Waals surface area contributed by atoms with Crippen LogP contribution in [0.15, 0.2) is 16.8 Å². The second-order valence-corrected chi connectivity index (χ2v) is 5.28. The van der Waals surface area contributed by atoms with Gasteiger partial charge in [0.1, 0.15) is 0 Å². The van der Waals surface area contributed by atoms with E-state index in [0.29, 0.717) is 5.56 Å².